The maximum absolute atomic E-state index is 6.26. The van der Waals surface area contributed by atoms with Crippen LogP contribution in [0.1, 0.15) is 25.0 Å². The Labute approximate surface area is 360 Å². The average molecular weight is 793 g/mol. The van der Waals surface area contributed by atoms with Gasteiger partial charge in [-0.2, -0.15) is 0 Å². The lowest BCUT2D eigenvalue weighted by molar-refractivity contribution is 0.660. The summed E-state index contributed by atoms with van der Waals surface area (Å²) in [7, 11) is 0. The lowest BCUT2D eigenvalue weighted by Gasteiger charge is -2.22. The van der Waals surface area contributed by atoms with Gasteiger partial charge in [-0.25, -0.2) is 9.97 Å². The number of aromatic nitrogens is 2. The van der Waals surface area contributed by atoms with Gasteiger partial charge >= 0.3 is 0 Å². The number of hydrogen-bond donors (Lipinski definition) is 0. The normalized spacial score (nSPS) is 12.8. The first-order valence-electron chi connectivity index (χ1n) is 21.3. The first-order valence-corrected chi connectivity index (χ1v) is 21.3. The molecule has 0 fully saturated rings. The minimum atomic E-state index is -0.131. The van der Waals surface area contributed by atoms with Crippen LogP contribution in [0, 0.1) is 0 Å². The van der Waals surface area contributed by atoms with Crippen LogP contribution in [-0.4, -0.2) is 9.97 Å². The molecule has 2 heterocycles. The Morgan fingerprint density at radius 1 is 0.339 bits per heavy atom. The summed E-state index contributed by atoms with van der Waals surface area (Å²) in [4.78, 5) is 10.6. The summed E-state index contributed by atoms with van der Waals surface area (Å²) in [5, 5.41) is 4.70. The van der Waals surface area contributed by atoms with Gasteiger partial charge in [-0.3, -0.25) is 0 Å². The molecular formula is C59H40N2O. The molecule has 1 aliphatic rings. The maximum Gasteiger partial charge on any atom is 0.160 e. The van der Waals surface area contributed by atoms with E-state index in [-0.39, 0.29) is 5.41 Å². The fourth-order valence-electron chi connectivity index (χ4n) is 9.66. The highest BCUT2D eigenvalue weighted by molar-refractivity contribution is 6.06. The predicted molar refractivity (Wildman–Crippen MR) is 257 cm³/mol. The van der Waals surface area contributed by atoms with E-state index in [1.807, 2.05) is 18.2 Å². The van der Waals surface area contributed by atoms with Gasteiger partial charge in [0, 0.05) is 32.9 Å². The lowest BCUT2D eigenvalue weighted by Crippen LogP contribution is -2.14. The Bertz CT molecular complexity index is 3540. The fourth-order valence-corrected chi connectivity index (χ4v) is 9.66. The zero-order valence-electron chi connectivity index (χ0n) is 34.4. The summed E-state index contributed by atoms with van der Waals surface area (Å²) in [6.07, 6.45) is 0. The molecule has 0 saturated heterocycles. The average Bonchev–Trinajstić information content (AvgIpc) is 3.82. The molecule has 0 saturated carbocycles. The zero-order valence-corrected chi connectivity index (χ0v) is 34.4. The number of fused-ring (bicyclic) bond motifs is 7. The second-order valence-electron chi connectivity index (χ2n) is 17.0. The highest BCUT2D eigenvalue weighted by atomic mass is 16.3. The first kappa shape index (κ1) is 36.0. The molecule has 2 aromatic heterocycles. The van der Waals surface area contributed by atoms with Crippen molar-refractivity contribution in [2.75, 3.05) is 0 Å². The van der Waals surface area contributed by atoms with E-state index in [0.29, 0.717) is 5.82 Å². The second-order valence-corrected chi connectivity index (χ2v) is 17.0. The number of rotatable bonds is 6. The molecule has 9 aromatic carbocycles. The van der Waals surface area contributed by atoms with Gasteiger partial charge in [0.2, 0.25) is 0 Å². The Morgan fingerprint density at radius 3 is 1.79 bits per heavy atom. The van der Waals surface area contributed by atoms with Crippen molar-refractivity contribution < 1.29 is 4.42 Å². The van der Waals surface area contributed by atoms with Crippen molar-refractivity contribution in [3.63, 3.8) is 0 Å². The van der Waals surface area contributed by atoms with Crippen molar-refractivity contribution in [2.24, 2.45) is 0 Å². The topological polar surface area (TPSA) is 38.9 Å². The van der Waals surface area contributed by atoms with E-state index >= 15 is 0 Å². The molecule has 3 nitrogen and oxygen atoms in total. The van der Waals surface area contributed by atoms with Crippen LogP contribution in [0.5, 0.6) is 0 Å². The van der Waals surface area contributed by atoms with Gasteiger partial charge in [0.25, 0.3) is 0 Å². The van der Waals surface area contributed by atoms with Gasteiger partial charge in [0.1, 0.15) is 11.2 Å². The van der Waals surface area contributed by atoms with Crippen LogP contribution in [-0.2, 0) is 5.41 Å². The molecule has 0 aliphatic heterocycles. The summed E-state index contributed by atoms with van der Waals surface area (Å²) in [5.74, 6) is 0.693. The number of furan rings is 1. The van der Waals surface area contributed by atoms with Crippen LogP contribution in [0.25, 0.3) is 111 Å². The van der Waals surface area contributed by atoms with Crippen molar-refractivity contribution in [3.8, 4) is 78.4 Å². The van der Waals surface area contributed by atoms with Gasteiger partial charge in [0.15, 0.2) is 5.82 Å². The van der Waals surface area contributed by atoms with Crippen LogP contribution in [0.15, 0.2) is 211 Å². The minimum Gasteiger partial charge on any atom is -0.456 e. The van der Waals surface area contributed by atoms with Gasteiger partial charge in [0.05, 0.1) is 11.4 Å². The third-order valence-corrected chi connectivity index (χ3v) is 12.9. The van der Waals surface area contributed by atoms with E-state index in [9.17, 15) is 0 Å². The molecule has 0 atom stereocenters. The van der Waals surface area contributed by atoms with Crippen molar-refractivity contribution >= 4 is 32.7 Å². The number of benzene rings is 9. The highest BCUT2D eigenvalue weighted by Crippen LogP contribution is 2.49. The summed E-state index contributed by atoms with van der Waals surface area (Å²) in [6, 6.07) is 73.9. The first-order chi connectivity index (χ1) is 30.4. The van der Waals surface area contributed by atoms with Gasteiger partial charge in [-0.15, -0.1) is 0 Å². The third-order valence-electron chi connectivity index (χ3n) is 12.9. The summed E-state index contributed by atoms with van der Waals surface area (Å²) >= 11 is 0. The monoisotopic (exact) mass is 792 g/mol. The molecule has 0 radical (unpaired) electrons. The second kappa shape index (κ2) is 14.1. The smallest absolute Gasteiger partial charge is 0.160 e. The molecule has 0 bridgehead atoms. The predicted octanol–water partition coefficient (Wildman–Crippen LogP) is 15.8. The van der Waals surface area contributed by atoms with Gasteiger partial charge < -0.3 is 4.42 Å². The van der Waals surface area contributed by atoms with Crippen LogP contribution >= 0.6 is 0 Å². The number of hydrogen-bond acceptors (Lipinski definition) is 3. The molecule has 0 unspecified atom stereocenters. The van der Waals surface area contributed by atoms with E-state index in [4.69, 9.17) is 14.4 Å². The Hall–Kier alpha value is -7.88. The largest absolute Gasteiger partial charge is 0.456 e. The lowest BCUT2D eigenvalue weighted by atomic mass is 9.82. The molecule has 0 N–H and O–H groups in total. The van der Waals surface area contributed by atoms with Crippen molar-refractivity contribution in [3.05, 3.63) is 217 Å². The van der Waals surface area contributed by atoms with Crippen molar-refractivity contribution in [2.45, 2.75) is 19.3 Å². The SMILES string of the molecule is CC1(C)c2ccccc2-c2ccc(-c3cc(-c4cc(-c5ccc(-c6cccc7ccccc67)cc5)cc(-c5ccc6oc7ccccc7c6c5)c4)nc(-c4ccccc4)n3)cc21. The molecule has 0 spiro atoms. The summed E-state index contributed by atoms with van der Waals surface area (Å²) < 4.78 is 6.26. The Balaban J connectivity index is 1.04. The van der Waals surface area contributed by atoms with Gasteiger partial charge in [-0.1, -0.05) is 172 Å². The number of nitrogens with zero attached hydrogens (tertiary/aromatic N) is 2. The van der Waals surface area contributed by atoms with Gasteiger partial charge in [-0.05, 0) is 115 Å². The number of para-hydroxylation sites is 1. The van der Waals surface area contributed by atoms with Crippen LogP contribution < -0.4 is 0 Å². The van der Waals surface area contributed by atoms with Crippen LogP contribution in [0.3, 0.4) is 0 Å². The van der Waals surface area contributed by atoms with E-state index < -0.39 is 0 Å². The fraction of sp³-hybridized carbons (Fsp3) is 0.0508. The zero-order chi connectivity index (χ0) is 41.4. The standard InChI is InChI=1S/C59H40N2O/c1-59(2)52-21-10-8-18-48(52)49-29-27-42(35-53(49)59)54-36-55(61-58(60-54)40-14-4-3-5-15-40)45-32-43(37-23-25-39(26-24-37)47-20-12-16-38-13-6-7-17-46(38)47)31-44(33-45)41-28-30-57-51(34-41)50-19-9-11-22-56(50)62-57/h3-36H,1-2H3. The Morgan fingerprint density at radius 2 is 0.935 bits per heavy atom. The highest BCUT2D eigenvalue weighted by Gasteiger charge is 2.35. The van der Waals surface area contributed by atoms with E-state index in [1.165, 1.54) is 44.2 Å². The Kier molecular flexibility index (Phi) is 8.20. The van der Waals surface area contributed by atoms with Crippen molar-refractivity contribution in [1.82, 2.24) is 9.97 Å². The summed E-state index contributed by atoms with van der Waals surface area (Å²) in [6.45, 7) is 4.65. The van der Waals surface area contributed by atoms with Crippen molar-refractivity contribution in [1.29, 1.82) is 0 Å². The maximum atomic E-state index is 6.26. The third kappa shape index (κ3) is 5.96. The molecule has 62 heavy (non-hydrogen) atoms. The molecule has 3 heteroatoms. The molecule has 0 amide bonds. The molecule has 12 rings (SSSR count). The molecule has 292 valence electrons. The quantitative estimate of drug-likeness (QED) is 0.168. The minimum absolute atomic E-state index is 0.131. The van der Waals surface area contributed by atoms with Crippen LogP contribution in [0.4, 0.5) is 0 Å². The van der Waals surface area contributed by atoms with E-state index in [1.54, 1.807) is 0 Å². The van der Waals surface area contributed by atoms with E-state index in [0.717, 1.165) is 72.3 Å². The van der Waals surface area contributed by atoms with Crippen LogP contribution in [0.2, 0.25) is 0 Å². The molecule has 1 aliphatic carbocycles. The molecule has 11 aromatic rings. The summed E-state index contributed by atoms with van der Waals surface area (Å²) in [5.41, 5.74) is 18.6. The molecular weight excluding hydrogens is 753 g/mol. The van der Waals surface area contributed by atoms with E-state index in [2.05, 4.69) is 202 Å².